The molecule has 8 rings (SSSR count). The molecule has 4 aromatic heterocycles. The maximum Gasteiger partial charge on any atom is 0.0972 e. The van der Waals surface area contributed by atoms with Gasteiger partial charge in [0.1, 0.15) is 0 Å². The Hall–Kier alpha value is -4.83. The van der Waals surface area contributed by atoms with Crippen molar-refractivity contribution in [2.45, 2.75) is 0 Å². The third kappa shape index (κ3) is 5.33. The van der Waals surface area contributed by atoms with Gasteiger partial charge in [-0.2, -0.15) is 0 Å². The van der Waals surface area contributed by atoms with Gasteiger partial charge in [-0.15, -0.1) is 70.9 Å². The minimum absolute atomic E-state index is 0. The zero-order valence-corrected chi connectivity index (χ0v) is 24.2. The van der Waals surface area contributed by atoms with Crippen LogP contribution in [0.5, 0.6) is 0 Å². The summed E-state index contributed by atoms with van der Waals surface area (Å²) in [6.07, 6.45) is 3.58. The van der Waals surface area contributed by atoms with Crippen LogP contribution >= 0.6 is 0 Å². The van der Waals surface area contributed by atoms with Crippen molar-refractivity contribution in [1.82, 2.24) is 19.9 Å². The topological polar surface area (TPSA) is 51.6 Å². The summed E-state index contributed by atoms with van der Waals surface area (Å²) in [5.74, 6) is 0. The predicted octanol–water partition coefficient (Wildman–Crippen LogP) is 8.50. The Labute approximate surface area is 251 Å². The Morgan fingerprint density at radius 3 is 1.88 bits per heavy atom. The second kappa shape index (κ2) is 11.7. The van der Waals surface area contributed by atoms with E-state index in [0.29, 0.717) is 0 Å². The fourth-order valence-corrected chi connectivity index (χ4v) is 4.86. The smallest absolute Gasteiger partial charge is 0.0972 e. The number of rotatable bonds is 2. The molecule has 4 heterocycles. The van der Waals surface area contributed by atoms with Gasteiger partial charge in [0.2, 0.25) is 0 Å². The van der Waals surface area contributed by atoms with Crippen LogP contribution in [0.4, 0.5) is 0 Å². The van der Waals surface area contributed by atoms with Crippen molar-refractivity contribution in [3.63, 3.8) is 0 Å². The molecule has 0 unspecified atom stereocenters. The molecule has 0 amide bonds. The first-order valence-electron chi connectivity index (χ1n) is 13.1. The molecule has 5 heteroatoms. The van der Waals surface area contributed by atoms with Crippen molar-refractivity contribution in [2.24, 2.45) is 0 Å². The van der Waals surface area contributed by atoms with Gasteiger partial charge in [-0.3, -0.25) is 9.97 Å². The summed E-state index contributed by atoms with van der Waals surface area (Å²) in [7, 11) is 0. The number of fused-ring (bicyclic) bond motifs is 6. The molecule has 0 atom stereocenters. The van der Waals surface area contributed by atoms with E-state index in [9.17, 15) is 0 Å². The van der Waals surface area contributed by atoms with Gasteiger partial charge in [0, 0.05) is 43.3 Å². The Morgan fingerprint density at radius 2 is 1.07 bits per heavy atom. The van der Waals surface area contributed by atoms with Crippen LogP contribution in [0.3, 0.4) is 0 Å². The molecule has 0 saturated carbocycles. The molecule has 0 fully saturated rings. The van der Waals surface area contributed by atoms with Crippen molar-refractivity contribution < 1.29 is 20.1 Å². The third-order valence-electron chi connectivity index (χ3n) is 6.84. The summed E-state index contributed by atoms with van der Waals surface area (Å²) in [4.78, 5) is 18.4. The van der Waals surface area contributed by atoms with Crippen molar-refractivity contribution in [3.05, 3.63) is 146 Å². The number of hydrogen-bond acceptors (Lipinski definition) is 4. The standard InChI is InChI=1S/C19H11N.C17H11N3.Ir/c1-2-7-15(8-3-1)18-13-12-16-11-10-14-6-4-5-9-17(14)19(16)20-18;1-2-10-18-14(5-1)15-9-8-13-7-6-12-4-3-11-19-16(12)17(13)20-15;/h1-7,10-13H;1-11H;/q-2;;. The van der Waals surface area contributed by atoms with E-state index < -0.39 is 0 Å². The summed E-state index contributed by atoms with van der Waals surface area (Å²) in [6, 6.07) is 46.9. The fraction of sp³-hybridized carbons (Fsp3) is 0. The molecule has 0 spiro atoms. The molecule has 8 aromatic rings. The van der Waals surface area contributed by atoms with Gasteiger partial charge in [-0.1, -0.05) is 54.6 Å². The van der Waals surface area contributed by atoms with Gasteiger partial charge in [0.15, 0.2) is 0 Å². The molecular formula is C36H22IrN4-2. The van der Waals surface area contributed by atoms with E-state index in [1.165, 1.54) is 5.39 Å². The minimum Gasteiger partial charge on any atom is -0.344 e. The number of nitrogens with zero attached hydrogens (tertiary/aromatic N) is 4. The zero-order valence-electron chi connectivity index (χ0n) is 21.8. The second-order valence-electron chi connectivity index (χ2n) is 9.37. The van der Waals surface area contributed by atoms with Crippen molar-refractivity contribution in [1.29, 1.82) is 0 Å². The van der Waals surface area contributed by atoms with E-state index in [1.54, 1.807) is 12.4 Å². The summed E-state index contributed by atoms with van der Waals surface area (Å²) < 4.78 is 0. The van der Waals surface area contributed by atoms with Crippen LogP contribution in [0, 0.1) is 12.1 Å². The number of pyridine rings is 4. The Balaban J connectivity index is 0.000000144. The van der Waals surface area contributed by atoms with Crippen LogP contribution < -0.4 is 0 Å². The van der Waals surface area contributed by atoms with E-state index in [-0.39, 0.29) is 20.1 Å². The number of hydrogen-bond donors (Lipinski definition) is 0. The van der Waals surface area contributed by atoms with Gasteiger partial charge in [-0.25, -0.2) is 4.98 Å². The van der Waals surface area contributed by atoms with Crippen molar-refractivity contribution >= 4 is 43.5 Å². The molecule has 4 nitrogen and oxygen atoms in total. The zero-order chi connectivity index (χ0) is 26.7. The monoisotopic (exact) mass is 703 g/mol. The van der Waals surface area contributed by atoms with Gasteiger partial charge in [0.25, 0.3) is 0 Å². The van der Waals surface area contributed by atoms with Crippen LogP contribution in [0.25, 0.3) is 66.1 Å². The van der Waals surface area contributed by atoms with E-state index in [4.69, 9.17) is 9.97 Å². The van der Waals surface area contributed by atoms with Crippen LogP contribution in [0.2, 0.25) is 0 Å². The van der Waals surface area contributed by atoms with E-state index in [0.717, 1.165) is 60.7 Å². The molecule has 197 valence electrons. The Morgan fingerprint density at radius 1 is 0.415 bits per heavy atom. The molecule has 0 saturated heterocycles. The average molecular weight is 703 g/mol. The van der Waals surface area contributed by atoms with Crippen LogP contribution in [-0.4, -0.2) is 19.9 Å². The van der Waals surface area contributed by atoms with Crippen LogP contribution in [0.1, 0.15) is 0 Å². The van der Waals surface area contributed by atoms with Crippen molar-refractivity contribution in [3.8, 4) is 22.6 Å². The maximum atomic E-state index is 4.81. The summed E-state index contributed by atoms with van der Waals surface area (Å²) in [6.45, 7) is 0. The fourth-order valence-electron chi connectivity index (χ4n) is 4.86. The van der Waals surface area contributed by atoms with Gasteiger partial charge in [-0.05, 0) is 40.9 Å². The van der Waals surface area contributed by atoms with Crippen LogP contribution in [-0.2, 0) is 20.1 Å². The molecular weight excluding hydrogens is 681 g/mol. The molecule has 41 heavy (non-hydrogen) atoms. The summed E-state index contributed by atoms with van der Waals surface area (Å²) >= 11 is 0. The minimum atomic E-state index is 0. The normalized spacial score (nSPS) is 10.7. The Bertz CT molecular complexity index is 1960. The van der Waals surface area contributed by atoms with Gasteiger partial charge in [0.05, 0.1) is 22.4 Å². The van der Waals surface area contributed by atoms with Gasteiger partial charge >= 0.3 is 0 Å². The molecule has 0 aliphatic rings. The van der Waals surface area contributed by atoms with Crippen molar-refractivity contribution in [2.75, 3.05) is 0 Å². The van der Waals surface area contributed by atoms with E-state index in [1.807, 2.05) is 72.8 Å². The Kier molecular flexibility index (Phi) is 7.55. The van der Waals surface area contributed by atoms with Gasteiger partial charge < -0.3 is 4.98 Å². The summed E-state index contributed by atoms with van der Waals surface area (Å²) in [5.41, 5.74) is 6.57. The largest absolute Gasteiger partial charge is 0.344 e. The third-order valence-corrected chi connectivity index (χ3v) is 6.84. The van der Waals surface area contributed by atoms with E-state index >= 15 is 0 Å². The van der Waals surface area contributed by atoms with Crippen LogP contribution in [0.15, 0.2) is 134 Å². The first-order chi connectivity index (χ1) is 19.8. The van der Waals surface area contributed by atoms with E-state index in [2.05, 4.69) is 70.6 Å². The molecule has 4 aromatic carbocycles. The predicted molar refractivity (Wildman–Crippen MR) is 163 cm³/mol. The first-order valence-corrected chi connectivity index (χ1v) is 13.1. The number of aromatic nitrogens is 4. The molecule has 0 N–H and O–H groups in total. The number of benzene rings is 4. The average Bonchev–Trinajstić information content (AvgIpc) is 3.05. The molecule has 1 radical (unpaired) electrons. The SMILES string of the molecule is [Ir].[c-]1ccccc1-c1ccc2ccc3ccc[c-]c3c2n1.c1ccc(-c2ccc3ccc4cccnc4c3n2)nc1. The summed E-state index contributed by atoms with van der Waals surface area (Å²) in [5, 5.41) is 5.57. The molecule has 0 aliphatic carbocycles. The maximum absolute atomic E-state index is 4.81. The molecule has 0 aliphatic heterocycles. The quantitative estimate of drug-likeness (QED) is 0.134. The second-order valence-corrected chi connectivity index (χ2v) is 9.37. The molecule has 0 bridgehead atoms. The first kappa shape index (κ1) is 26.4.